The maximum absolute atomic E-state index is 9.37. The molecule has 14 heavy (non-hydrogen) atoms. The number of aliphatic carboxylic acids is 1. The van der Waals surface area contributed by atoms with Crippen LogP contribution in [-0.2, 0) is 4.79 Å². The molecule has 2 aromatic rings. The van der Waals surface area contributed by atoms with Gasteiger partial charge >= 0.3 is 5.97 Å². The Morgan fingerprint density at radius 2 is 2.14 bits per heavy atom. The molecule has 1 aromatic heterocycles. The van der Waals surface area contributed by atoms with E-state index in [0.717, 1.165) is 11.0 Å². The lowest BCUT2D eigenvalue weighted by Gasteiger charge is -1.81. The molecule has 0 fully saturated rings. The van der Waals surface area contributed by atoms with E-state index >= 15 is 0 Å². The average molecular weight is 192 g/mol. The van der Waals surface area contributed by atoms with E-state index < -0.39 is 5.97 Å². The number of H-pyrrole nitrogens is 1. The fourth-order valence-electron chi connectivity index (χ4n) is 0.880. The molecule has 1 heterocycles. The molecular formula is C10H12N2O2. The van der Waals surface area contributed by atoms with Crippen molar-refractivity contribution >= 4 is 17.0 Å². The highest BCUT2D eigenvalue weighted by Crippen LogP contribution is 2.05. The minimum Gasteiger partial charge on any atom is -0.481 e. The van der Waals surface area contributed by atoms with Crippen LogP contribution in [0.25, 0.3) is 11.0 Å². The Bertz CT molecular complexity index is 379. The number of benzene rings is 1. The van der Waals surface area contributed by atoms with Crippen LogP contribution >= 0.6 is 0 Å². The van der Waals surface area contributed by atoms with E-state index in [1.807, 2.05) is 24.3 Å². The normalized spacial score (nSPS) is 9.21. The first-order valence-electron chi connectivity index (χ1n) is 4.34. The quantitative estimate of drug-likeness (QED) is 0.726. The second kappa shape index (κ2) is 5.01. The van der Waals surface area contributed by atoms with E-state index in [1.54, 1.807) is 13.3 Å². The maximum Gasteiger partial charge on any atom is 0.303 e. The predicted octanol–water partition coefficient (Wildman–Crippen LogP) is 2.04. The molecule has 0 spiro atoms. The summed E-state index contributed by atoms with van der Waals surface area (Å²) >= 11 is 0. The number of imidazole rings is 1. The summed E-state index contributed by atoms with van der Waals surface area (Å²) in [6, 6.07) is 7.94. The van der Waals surface area contributed by atoms with E-state index in [1.165, 1.54) is 0 Å². The molecule has 4 nitrogen and oxygen atoms in total. The van der Waals surface area contributed by atoms with Crippen molar-refractivity contribution < 1.29 is 9.90 Å². The van der Waals surface area contributed by atoms with Crippen molar-refractivity contribution in [2.45, 2.75) is 13.3 Å². The number of carboxylic acid groups (broad SMARTS) is 1. The average Bonchev–Trinajstić information content (AvgIpc) is 2.66. The highest BCUT2D eigenvalue weighted by molar-refractivity contribution is 5.73. The molecule has 0 aliphatic rings. The van der Waals surface area contributed by atoms with Crippen LogP contribution in [0, 0.1) is 0 Å². The summed E-state index contributed by atoms with van der Waals surface area (Å²) in [4.78, 5) is 16.4. The van der Waals surface area contributed by atoms with Crippen LogP contribution in [0.2, 0.25) is 0 Å². The number of nitrogens with zero attached hydrogens (tertiary/aromatic N) is 1. The third-order valence-electron chi connectivity index (χ3n) is 1.63. The van der Waals surface area contributed by atoms with Gasteiger partial charge in [0.2, 0.25) is 0 Å². The Morgan fingerprint density at radius 3 is 2.71 bits per heavy atom. The Balaban J connectivity index is 0.000000171. The van der Waals surface area contributed by atoms with Crippen molar-refractivity contribution in [1.29, 1.82) is 0 Å². The van der Waals surface area contributed by atoms with Crippen LogP contribution in [0.3, 0.4) is 0 Å². The highest BCUT2D eigenvalue weighted by Gasteiger charge is 1.88. The van der Waals surface area contributed by atoms with Gasteiger partial charge in [-0.25, -0.2) is 4.98 Å². The van der Waals surface area contributed by atoms with Crippen LogP contribution in [0.15, 0.2) is 30.6 Å². The first kappa shape index (κ1) is 10.2. The predicted molar refractivity (Wildman–Crippen MR) is 54.0 cm³/mol. The Labute approximate surface area is 81.6 Å². The van der Waals surface area contributed by atoms with Crippen LogP contribution in [0.4, 0.5) is 0 Å². The maximum atomic E-state index is 9.37. The number of rotatable bonds is 1. The largest absolute Gasteiger partial charge is 0.481 e. The molecule has 0 saturated heterocycles. The van der Waals surface area contributed by atoms with Crippen LogP contribution in [0.5, 0.6) is 0 Å². The third-order valence-corrected chi connectivity index (χ3v) is 1.63. The van der Waals surface area contributed by atoms with Gasteiger partial charge in [-0.05, 0) is 12.1 Å². The molecule has 2 rings (SSSR count). The summed E-state index contributed by atoms with van der Waals surface area (Å²) in [6.07, 6.45) is 1.92. The monoisotopic (exact) mass is 192 g/mol. The summed E-state index contributed by atoms with van der Waals surface area (Å²) in [5.41, 5.74) is 2.12. The van der Waals surface area contributed by atoms with Crippen molar-refractivity contribution in [3.63, 3.8) is 0 Å². The number of nitrogens with one attached hydrogen (secondary N) is 1. The molecule has 0 radical (unpaired) electrons. The second-order valence-corrected chi connectivity index (χ2v) is 2.67. The topological polar surface area (TPSA) is 66.0 Å². The zero-order valence-corrected chi connectivity index (χ0v) is 7.90. The SMILES string of the molecule is CCC(=O)O.c1ccc2[nH]cnc2c1. The first-order valence-corrected chi connectivity index (χ1v) is 4.34. The van der Waals surface area contributed by atoms with Gasteiger partial charge in [0.1, 0.15) is 0 Å². The number of para-hydroxylation sites is 2. The van der Waals surface area contributed by atoms with Crippen molar-refractivity contribution in [3.8, 4) is 0 Å². The first-order chi connectivity index (χ1) is 6.74. The van der Waals surface area contributed by atoms with E-state index in [2.05, 4.69) is 9.97 Å². The molecule has 1 aromatic carbocycles. The van der Waals surface area contributed by atoms with E-state index in [4.69, 9.17) is 5.11 Å². The van der Waals surface area contributed by atoms with Gasteiger partial charge in [-0.3, -0.25) is 4.79 Å². The van der Waals surface area contributed by atoms with Crippen molar-refractivity contribution in [1.82, 2.24) is 9.97 Å². The highest BCUT2D eigenvalue weighted by atomic mass is 16.4. The number of aromatic amines is 1. The van der Waals surface area contributed by atoms with Gasteiger partial charge in [0, 0.05) is 6.42 Å². The van der Waals surface area contributed by atoms with Crippen molar-refractivity contribution in [2.24, 2.45) is 0 Å². The van der Waals surface area contributed by atoms with Gasteiger partial charge < -0.3 is 10.1 Å². The lowest BCUT2D eigenvalue weighted by molar-refractivity contribution is -0.136. The van der Waals surface area contributed by atoms with E-state index in [-0.39, 0.29) is 6.42 Å². The van der Waals surface area contributed by atoms with Gasteiger partial charge in [-0.1, -0.05) is 19.1 Å². The zero-order chi connectivity index (χ0) is 10.4. The lowest BCUT2D eigenvalue weighted by Crippen LogP contribution is -1.86. The molecule has 4 heteroatoms. The molecular weight excluding hydrogens is 180 g/mol. The van der Waals surface area contributed by atoms with E-state index in [0.29, 0.717) is 0 Å². The summed E-state index contributed by atoms with van der Waals surface area (Å²) in [7, 11) is 0. The molecule has 74 valence electrons. The number of carbonyl (C=O) groups is 1. The number of hydrogen-bond donors (Lipinski definition) is 2. The Kier molecular flexibility index (Phi) is 3.67. The number of carboxylic acids is 1. The van der Waals surface area contributed by atoms with Crippen LogP contribution in [0.1, 0.15) is 13.3 Å². The second-order valence-electron chi connectivity index (χ2n) is 2.67. The Hall–Kier alpha value is -1.84. The minimum absolute atomic E-state index is 0.222. The number of fused-ring (bicyclic) bond motifs is 1. The number of hydrogen-bond acceptors (Lipinski definition) is 2. The van der Waals surface area contributed by atoms with Crippen LogP contribution < -0.4 is 0 Å². The molecule has 2 N–H and O–H groups in total. The van der Waals surface area contributed by atoms with Gasteiger partial charge in [0.05, 0.1) is 17.4 Å². The zero-order valence-electron chi connectivity index (χ0n) is 7.90. The minimum atomic E-state index is -0.745. The van der Waals surface area contributed by atoms with Gasteiger partial charge in [-0.2, -0.15) is 0 Å². The summed E-state index contributed by atoms with van der Waals surface area (Å²) in [5.74, 6) is -0.745. The fourth-order valence-corrected chi connectivity index (χ4v) is 0.880. The lowest BCUT2D eigenvalue weighted by atomic mass is 10.3. The molecule has 0 atom stereocenters. The fraction of sp³-hybridized carbons (Fsp3) is 0.200. The van der Waals surface area contributed by atoms with Gasteiger partial charge in [0.15, 0.2) is 0 Å². The van der Waals surface area contributed by atoms with Gasteiger partial charge in [-0.15, -0.1) is 0 Å². The molecule has 0 unspecified atom stereocenters. The van der Waals surface area contributed by atoms with Crippen LogP contribution in [-0.4, -0.2) is 21.0 Å². The molecule has 0 aliphatic heterocycles. The summed E-state index contributed by atoms with van der Waals surface area (Å²) in [6.45, 7) is 1.60. The molecule has 0 bridgehead atoms. The van der Waals surface area contributed by atoms with Crippen molar-refractivity contribution in [2.75, 3.05) is 0 Å². The number of aromatic nitrogens is 2. The summed E-state index contributed by atoms with van der Waals surface area (Å²) in [5, 5.41) is 7.72. The summed E-state index contributed by atoms with van der Waals surface area (Å²) < 4.78 is 0. The van der Waals surface area contributed by atoms with Gasteiger partial charge in [0.25, 0.3) is 0 Å². The Morgan fingerprint density at radius 1 is 1.50 bits per heavy atom. The van der Waals surface area contributed by atoms with E-state index in [9.17, 15) is 4.79 Å². The molecule has 0 saturated carbocycles. The van der Waals surface area contributed by atoms with Crippen molar-refractivity contribution in [3.05, 3.63) is 30.6 Å². The molecule has 0 amide bonds. The standard InChI is InChI=1S/C7H6N2.C3H6O2/c1-2-4-7-6(3-1)8-5-9-7;1-2-3(4)5/h1-5H,(H,8,9);2H2,1H3,(H,4,5). The third kappa shape index (κ3) is 2.90. The smallest absolute Gasteiger partial charge is 0.303 e. The molecule has 0 aliphatic carbocycles.